The molecule has 1 aliphatic carbocycles. The van der Waals surface area contributed by atoms with E-state index in [9.17, 15) is 5.11 Å². The summed E-state index contributed by atoms with van der Waals surface area (Å²) in [6, 6.07) is 0. The summed E-state index contributed by atoms with van der Waals surface area (Å²) in [6.45, 7) is 2.19. The standard InChI is InChI=1S/C7H13NO/c9-7-2-1-5-3-8-4-6(5)7/h5-9H,1-4H2/t5-,6?,7?/m0/s1. The summed E-state index contributed by atoms with van der Waals surface area (Å²) in [5, 5.41) is 12.7. The van der Waals surface area contributed by atoms with Gasteiger partial charge in [0, 0.05) is 12.5 Å². The fourth-order valence-corrected chi connectivity index (χ4v) is 2.12. The van der Waals surface area contributed by atoms with Crippen LogP contribution in [0.25, 0.3) is 0 Å². The fourth-order valence-electron chi connectivity index (χ4n) is 2.12. The van der Waals surface area contributed by atoms with Crippen LogP contribution in [-0.2, 0) is 0 Å². The quantitative estimate of drug-likeness (QED) is 0.479. The Morgan fingerprint density at radius 2 is 2.11 bits per heavy atom. The Kier molecular flexibility index (Phi) is 1.24. The molecular formula is C7H13NO. The lowest BCUT2D eigenvalue weighted by Crippen LogP contribution is -2.19. The van der Waals surface area contributed by atoms with Crippen molar-refractivity contribution in [2.45, 2.75) is 18.9 Å². The second-order valence-corrected chi connectivity index (χ2v) is 3.23. The van der Waals surface area contributed by atoms with Gasteiger partial charge in [0.15, 0.2) is 0 Å². The van der Waals surface area contributed by atoms with Crippen molar-refractivity contribution in [1.82, 2.24) is 5.32 Å². The third-order valence-electron chi connectivity index (χ3n) is 2.72. The highest BCUT2D eigenvalue weighted by Crippen LogP contribution is 2.33. The number of nitrogens with one attached hydrogen (secondary N) is 1. The Labute approximate surface area is 55.3 Å². The summed E-state index contributed by atoms with van der Waals surface area (Å²) in [5.41, 5.74) is 0. The maximum atomic E-state index is 9.36. The lowest BCUT2D eigenvalue weighted by molar-refractivity contribution is 0.133. The number of rotatable bonds is 0. The molecule has 0 aromatic rings. The number of fused-ring (bicyclic) bond motifs is 1. The van der Waals surface area contributed by atoms with Crippen molar-refractivity contribution < 1.29 is 5.11 Å². The monoisotopic (exact) mass is 127 g/mol. The zero-order valence-electron chi connectivity index (χ0n) is 5.51. The third-order valence-corrected chi connectivity index (χ3v) is 2.72. The van der Waals surface area contributed by atoms with Crippen LogP contribution in [0.4, 0.5) is 0 Å². The highest BCUT2D eigenvalue weighted by atomic mass is 16.3. The predicted octanol–water partition coefficient (Wildman–Crippen LogP) is -0.0233. The highest BCUT2D eigenvalue weighted by molar-refractivity contribution is 4.91. The Hall–Kier alpha value is -0.0800. The molecule has 1 aliphatic heterocycles. The first-order valence-corrected chi connectivity index (χ1v) is 3.76. The second-order valence-electron chi connectivity index (χ2n) is 3.23. The minimum absolute atomic E-state index is 0.00463. The number of hydrogen-bond acceptors (Lipinski definition) is 2. The number of aliphatic hydroxyl groups is 1. The lowest BCUT2D eigenvalue weighted by atomic mass is 10.00. The van der Waals surface area contributed by atoms with Crippen molar-refractivity contribution in [1.29, 1.82) is 0 Å². The maximum Gasteiger partial charge on any atom is 0.0583 e. The minimum Gasteiger partial charge on any atom is -0.393 e. The molecule has 0 aromatic carbocycles. The average Bonchev–Trinajstić information content (AvgIpc) is 2.35. The summed E-state index contributed by atoms with van der Waals surface area (Å²) in [7, 11) is 0. The molecule has 1 heterocycles. The summed E-state index contributed by atoms with van der Waals surface area (Å²) in [6.07, 6.45) is 2.28. The van der Waals surface area contributed by atoms with E-state index in [1.165, 1.54) is 6.42 Å². The van der Waals surface area contributed by atoms with Crippen LogP contribution < -0.4 is 5.32 Å². The van der Waals surface area contributed by atoms with Crippen LogP contribution in [0.3, 0.4) is 0 Å². The summed E-state index contributed by atoms with van der Waals surface area (Å²) < 4.78 is 0. The summed E-state index contributed by atoms with van der Waals surface area (Å²) in [4.78, 5) is 0. The molecule has 9 heavy (non-hydrogen) atoms. The SMILES string of the molecule is OC1CC[C@H]2CNCC12. The minimum atomic E-state index is 0.00463. The Morgan fingerprint density at radius 1 is 1.22 bits per heavy atom. The van der Waals surface area contributed by atoms with Crippen molar-refractivity contribution in [2.75, 3.05) is 13.1 Å². The van der Waals surface area contributed by atoms with E-state index in [0.29, 0.717) is 5.92 Å². The Bertz CT molecular complexity index is 115. The molecule has 0 amide bonds. The van der Waals surface area contributed by atoms with Gasteiger partial charge in [-0.05, 0) is 25.3 Å². The highest BCUT2D eigenvalue weighted by Gasteiger charge is 2.37. The number of aliphatic hydroxyl groups excluding tert-OH is 1. The van der Waals surface area contributed by atoms with Gasteiger partial charge in [0.2, 0.25) is 0 Å². The normalized spacial score (nSPS) is 49.7. The molecule has 2 N–H and O–H groups in total. The molecule has 2 nitrogen and oxygen atoms in total. The van der Waals surface area contributed by atoms with Gasteiger partial charge in [-0.3, -0.25) is 0 Å². The van der Waals surface area contributed by atoms with Crippen LogP contribution >= 0.6 is 0 Å². The molecular weight excluding hydrogens is 114 g/mol. The van der Waals surface area contributed by atoms with Crippen LogP contribution in [0.15, 0.2) is 0 Å². The van der Waals surface area contributed by atoms with Gasteiger partial charge in [0.25, 0.3) is 0 Å². The molecule has 52 valence electrons. The largest absolute Gasteiger partial charge is 0.393 e. The molecule has 2 unspecified atom stereocenters. The molecule has 0 spiro atoms. The van der Waals surface area contributed by atoms with E-state index in [4.69, 9.17) is 0 Å². The van der Waals surface area contributed by atoms with Crippen molar-refractivity contribution in [2.24, 2.45) is 11.8 Å². The van der Waals surface area contributed by atoms with Gasteiger partial charge in [0.1, 0.15) is 0 Å². The van der Waals surface area contributed by atoms with Gasteiger partial charge in [-0.25, -0.2) is 0 Å². The molecule has 1 saturated carbocycles. The van der Waals surface area contributed by atoms with Crippen LogP contribution in [0, 0.1) is 11.8 Å². The van der Waals surface area contributed by atoms with Crippen LogP contribution in [0.2, 0.25) is 0 Å². The van der Waals surface area contributed by atoms with Crippen molar-refractivity contribution in [3.8, 4) is 0 Å². The van der Waals surface area contributed by atoms with Gasteiger partial charge in [0.05, 0.1) is 6.10 Å². The Balaban J connectivity index is 2.07. The molecule has 0 aromatic heterocycles. The van der Waals surface area contributed by atoms with E-state index < -0.39 is 0 Å². The van der Waals surface area contributed by atoms with Crippen molar-refractivity contribution >= 4 is 0 Å². The first-order valence-electron chi connectivity index (χ1n) is 3.76. The zero-order valence-corrected chi connectivity index (χ0v) is 5.51. The van der Waals surface area contributed by atoms with Gasteiger partial charge in [-0.2, -0.15) is 0 Å². The summed E-state index contributed by atoms with van der Waals surface area (Å²) in [5.74, 6) is 1.38. The van der Waals surface area contributed by atoms with E-state index in [0.717, 1.165) is 25.4 Å². The topological polar surface area (TPSA) is 32.3 Å². The van der Waals surface area contributed by atoms with E-state index in [1.807, 2.05) is 0 Å². The molecule has 3 atom stereocenters. The first-order chi connectivity index (χ1) is 4.38. The van der Waals surface area contributed by atoms with E-state index in [-0.39, 0.29) is 6.10 Å². The molecule has 2 aliphatic rings. The molecule has 0 bridgehead atoms. The predicted molar refractivity (Wildman–Crippen MR) is 35.1 cm³/mol. The number of hydrogen-bond donors (Lipinski definition) is 2. The molecule has 2 heteroatoms. The van der Waals surface area contributed by atoms with Crippen molar-refractivity contribution in [3.63, 3.8) is 0 Å². The lowest BCUT2D eigenvalue weighted by Gasteiger charge is -2.09. The van der Waals surface area contributed by atoms with Crippen molar-refractivity contribution in [3.05, 3.63) is 0 Å². The van der Waals surface area contributed by atoms with Gasteiger partial charge >= 0.3 is 0 Å². The van der Waals surface area contributed by atoms with Gasteiger partial charge < -0.3 is 10.4 Å². The Morgan fingerprint density at radius 3 is 2.89 bits per heavy atom. The smallest absolute Gasteiger partial charge is 0.0583 e. The van der Waals surface area contributed by atoms with Crippen LogP contribution in [0.1, 0.15) is 12.8 Å². The van der Waals surface area contributed by atoms with Crippen LogP contribution in [0.5, 0.6) is 0 Å². The average molecular weight is 127 g/mol. The molecule has 0 radical (unpaired) electrons. The van der Waals surface area contributed by atoms with Gasteiger partial charge in [-0.1, -0.05) is 0 Å². The van der Waals surface area contributed by atoms with Gasteiger partial charge in [-0.15, -0.1) is 0 Å². The molecule has 1 saturated heterocycles. The van der Waals surface area contributed by atoms with E-state index in [2.05, 4.69) is 5.32 Å². The molecule has 2 rings (SSSR count). The third kappa shape index (κ3) is 0.775. The fraction of sp³-hybridized carbons (Fsp3) is 1.00. The maximum absolute atomic E-state index is 9.36. The first kappa shape index (κ1) is 5.69. The van der Waals surface area contributed by atoms with E-state index in [1.54, 1.807) is 0 Å². The summed E-state index contributed by atoms with van der Waals surface area (Å²) >= 11 is 0. The molecule has 2 fully saturated rings. The van der Waals surface area contributed by atoms with Crippen LogP contribution in [-0.4, -0.2) is 24.3 Å². The second kappa shape index (κ2) is 1.96. The van der Waals surface area contributed by atoms with E-state index >= 15 is 0 Å². The zero-order chi connectivity index (χ0) is 6.27.